The van der Waals surface area contributed by atoms with Gasteiger partial charge in [-0.05, 0) is 40.6 Å². The molecule has 32 heavy (non-hydrogen) atoms. The van der Waals surface area contributed by atoms with E-state index in [1.165, 1.54) is 24.5 Å². The van der Waals surface area contributed by atoms with Gasteiger partial charge in [0.15, 0.2) is 23.2 Å². The molecule has 1 aliphatic heterocycles. The summed E-state index contributed by atoms with van der Waals surface area (Å²) in [6.45, 7) is 0. The second-order valence-electron chi connectivity index (χ2n) is 7.31. The number of benzene rings is 3. The van der Waals surface area contributed by atoms with Crippen LogP contribution in [0.15, 0.2) is 94.8 Å². The van der Waals surface area contributed by atoms with Gasteiger partial charge in [0.1, 0.15) is 0 Å². The zero-order valence-corrected chi connectivity index (χ0v) is 16.5. The van der Waals surface area contributed by atoms with Crippen molar-refractivity contribution in [2.24, 2.45) is 0 Å². The molecule has 0 radical (unpaired) electrons. The molecule has 2 heterocycles. The number of carbonyl (C=O) groups excluding carboxylic acids is 2. The molecule has 158 valence electrons. The Kier molecular flexibility index (Phi) is 4.59. The molecule has 1 aliphatic rings. The molecule has 5 rings (SSSR count). The minimum atomic E-state index is -1.16. The summed E-state index contributed by atoms with van der Waals surface area (Å²) in [6.07, 6.45) is 1.31. The maximum atomic E-state index is 14.0. The molecule has 3 aromatic carbocycles. The average Bonchev–Trinajstić information content (AvgIpc) is 3.43. The van der Waals surface area contributed by atoms with Crippen molar-refractivity contribution in [3.8, 4) is 0 Å². The Hall–Kier alpha value is -4.26. The Morgan fingerprint density at radius 2 is 1.72 bits per heavy atom. The fraction of sp³-hybridized carbons (Fsp3) is 0.0400. The van der Waals surface area contributed by atoms with E-state index >= 15 is 0 Å². The molecule has 5 nitrogen and oxygen atoms in total. The van der Waals surface area contributed by atoms with Crippen molar-refractivity contribution in [3.63, 3.8) is 0 Å². The summed E-state index contributed by atoms with van der Waals surface area (Å²) >= 11 is 0. The van der Waals surface area contributed by atoms with Crippen LogP contribution in [0.4, 0.5) is 14.5 Å². The Morgan fingerprint density at radius 1 is 0.938 bits per heavy atom. The summed E-state index contributed by atoms with van der Waals surface area (Å²) in [4.78, 5) is 27.5. The molecule has 0 spiro atoms. The molecule has 1 amide bonds. The van der Waals surface area contributed by atoms with E-state index in [2.05, 4.69) is 0 Å². The van der Waals surface area contributed by atoms with E-state index in [4.69, 9.17) is 4.42 Å². The van der Waals surface area contributed by atoms with Crippen LogP contribution in [0.5, 0.6) is 0 Å². The van der Waals surface area contributed by atoms with Crippen molar-refractivity contribution >= 4 is 28.2 Å². The molecular formula is C25H15F2NO4. The molecule has 1 unspecified atom stereocenters. The minimum Gasteiger partial charge on any atom is -0.503 e. The summed E-state index contributed by atoms with van der Waals surface area (Å²) in [7, 11) is 0. The lowest BCUT2D eigenvalue weighted by Gasteiger charge is -2.27. The monoisotopic (exact) mass is 431 g/mol. The number of aliphatic hydroxyl groups is 1. The van der Waals surface area contributed by atoms with Gasteiger partial charge in [0.05, 0.1) is 17.9 Å². The summed E-state index contributed by atoms with van der Waals surface area (Å²) in [5.74, 6) is -4.64. The van der Waals surface area contributed by atoms with Crippen LogP contribution < -0.4 is 4.90 Å². The maximum Gasteiger partial charge on any atom is 0.294 e. The number of amides is 1. The predicted molar refractivity (Wildman–Crippen MR) is 113 cm³/mol. The van der Waals surface area contributed by atoms with Crippen molar-refractivity contribution < 1.29 is 27.9 Å². The number of anilines is 1. The number of furan rings is 1. The van der Waals surface area contributed by atoms with Gasteiger partial charge >= 0.3 is 0 Å². The van der Waals surface area contributed by atoms with Gasteiger partial charge < -0.3 is 9.52 Å². The minimum absolute atomic E-state index is 0.000582. The third-order valence-electron chi connectivity index (χ3n) is 5.50. The van der Waals surface area contributed by atoms with Gasteiger partial charge in [-0.1, -0.05) is 42.5 Å². The molecule has 0 bridgehead atoms. The van der Waals surface area contributed by atoms with Crippen LogP contribution in [-0.2, 0) is 4.79 Å². The molecule has 1 atom stereocenters. The topological polar surface area (TPSA) is 70.8 Å². The first kappa shape index (κ1) is 19.7. The Bertz CT molecular complexity index is 1400. The van der Waals surface area contributed by atoms with Crippen LogP contribution in [0.1, 0.15) is 22.2 Å². The molecular weight excluding hydrogens is 416 g/mol. The normalized spacial score (nSPS) is 16.2. The molecule has 4 aromatic rings. The van der Waals surface area contributed by atoms with Crippen molar-refractivity contribution in [1.82, 2.24) is 0 Å². The van der Waals surface area contributed by atoms with Crippen LogP contribution in [0.2, 0.25) is 0 Å². The second-order valence-corrected chi connectivity index (χ2v) is 7.31. The first-order valence-corrected chi connectivity index (χ1v) is 9.75. The van der Waals surface area contributed by atoms with Crippen molar-refractivity contribution in [1.29, 1.82) is 0 Å². The Morgan fingerprint density at radius 3 is 2.47 bits per heavy atom. The van der Waals surface area contributed by atoms with Gasteiger partial charge in [0.25, 0.3) is 5.91 Å². The lowest BCUT2D eigenvalue weighted by molar-refractivity contribution is -0.117. The number of carbonyl (C=O) groups is 2. The highest BCUT2D eigenvalue weighted by Gasteiger charge is 2.45. The van der Waals surface area contributed by atoms with Crippen LogP contribution in [0.3, 0.4) is 0 Å². The Labute approximate surface area is 180 Å². The molecule has 0 aliphatic carbocycles. The highest BCUT2D eigenvalue weighted by molar-refractivity contribution is 6.20. The summed E-state index contributed by atoms with van der Waals surface area (Å²) in [5.41, 5.74) is 0.340. The summed E-state index contributed by atoms with van der Waals surface area (Å²) in [6, 6.07) is 17.5. The van der Waals surface area contributed by atoms with Gasteiger partial charge in [-0.3, -0.25) is 14.5 Å². The number of fused-ring (bicyclic) bond motifs is 1. The second kappa shape index (κ2) is 7.46. The first-order valence-electron chi connectivity index (χ1n) is 9.75. The number of rotatable bonds is 4. The zero-order chi connectivity index (χ0) is 22.4. The molecule has 1 N–H and O–H groups in total. The number of halogens is 2. The molecule has 0 saturated heterocycles. The van der Waals surface area contributed by atoms with Gasteiger partial charge in [0, 0.05) is 11.8 Å². The molecule has 0 saturated carbocycles. The number of hydrogen-bond donors (Lipinski definition) is 1. The number of ketones is 1. The summed E-state index contributed by atoms with van der Waals surface area (Å²) < 4.78 is 32.8. The van der Waals surface area contributed by atoms with E-state index in [9.17, 15) is 23.5 Å². The van der Waals surface area contributed by atoms with Crippen LogP contribution in [0, 0.1) is 11.6 Å². The van der Waals surface area contributed by atoms with Crippen molar-refractivity contribution in [2.45, 2.75) is 6.04 Å². The lowest BCUT2D eigenvalue weighted by atomic mass is 9.91. The standard InChI is InChI=1S/C25H15F2NO4/c26-18-11-10-15(13-19(18)27)28-22(17-8-3-6-14-5-1-2-7-16(14)17)21(24(30)25(28)31)23(29)20-9-4-12-32-20/h1-13,22,30H. The third kappa shape index (κ3) is 2.98. The fourth-order valence-electron chi connectivity index (χ4n) is 4.06. The van der Waals surface area contributed by atoms with Crippen LogP contribution >= 0.6 is 0 Å². The molecule has 0 fully saturated rings. The Balaban J connectivity index is 1.77. The highest BCUT2D eigenvalue weighted by atomic mass is 19.2. The molecule has 7 heteroatoms. The largest absolute Gasteiger partial charge is 0.503 e. The van der Waals surface area contributed by atoms with Crippen LogP contribution in [0.25, 0.3) is 10.8 Å². The van der Waals surface area contributed by atoms with Crippen molar-refractivity contribution in [2.75, 3.05) is 4.90 Å². The van der Waals surface area contributed by atoms with Crippen LogP contribution in [-0.4, -0.2) is 16.8 Å². The number of Topliss-reactive ketones (excluding diaryl/α,β-unsaturated/α-hetero) is 1. The fourth-order valence-corrected chi connectivity index (χ4v) is 4.06. The predicted octanol–water partition coefficient (Wildman–Crippen LogP) is 5.49. The highest BCUT2D eigenvalue weighted by Crippen LogP contribution is 2.44. The number of aliphatic hydroxyl groups excluding tert-OH is 1. The third-order valence-corrected chi connectivity index (χ3v) is 5.50. The van der Waals surface area contributed by atoms with E-state index in [1.54, 1.807) is 12.1 Å². The molecule has 1 aromatic heterocycles. The van der Waals surface area contributed by atoms with E-state index in [1.807, 2.05) is 30.3 Å². The van der Waals surface area contributed by atoms with Gasteiger partial charge in [-0.2, -0.15) is 0 Å². The van der Waals surface area contributed by atoms with E-state index in [0.29, 0.717) is 5.56 Å². The quantitative estimate of drug-likeness (QED) is 0.434. The smallest absolute Gasteiger partial charge is 0.294 e. The maximum absolute atomic E-state index is 14.0. The number of hydrogen-bond acceptors (Lipinski definition) is 4. The van der Waals surface area contributed by atoms with E-state index in [-0.39, 0.29) is 17.0 Å². The van der Waals surface area contributed by atoms with Gasteiger partial charge in [-0.15, -0.1) is 0 Å². The van der Waals surface area contributed by atoms with Gasteiger partial charge in [0.2, 0.25) is 5.78 Å². The SMILES string of the molecule is O=C(C1=C(O)C(=O)N(c2ccc(F)c(F)c2)C1c1cccc2ccccc12)c1ccco1. The number of nitrogens with zero attached hydrogens (tertiary/aromatic N) is 1. The first-order chi connectivity index (χ1) is 15.5. The lowest BCUT2D eigenvalue weighted by Crippen LogP contribution is -2.31. The van der Waals surface area contributed by atoms with E-state index in [0.717, 1.165) is 27.8 Å². The average molecular weight is 431 g/mol. The van der Waals surface area contributed by atoms with Crippen molar-refractivity contribution in [3.05, 3.63) is 113 Å². The summed E-state index contributed by atoms with van der Waals surface area (Å²) in [5, 5.41) is 12.3. The van der Waals surface area contributed by atoms with Gasteiger partial charge in [-0.25, -0.2) is 8.78 Å². The van der Waals surface area contributed by atoms with E-state index < -0.39 is 35.1 Å². The zero-order valence-electron chi connectivity index (χ0n) is 16.5.